The summed E-state index contributed by atoms with van der Waals surface area (Å²) < 4.78 is 0. The standard InChI is InChI=1S/C14H14N2O/c1-11(17)15-9-3-2-5-12-6-4-7-14-13(12)8-10-16-14/h4,6-8,10,16H,3,9H2,1H3,(H,15,17). The minimum Gasteiger partial charge on any atom is -0.361 e. The van der Waals surface area contributed by atoms with E-state index in [2.05, 4.69) is 22.1 Å². The summed E-state index contributed by atoms with van der Waals surface area (Å²) in [5.41, 5.74) is 2.12. The summed E-state index contributed by atoms with van der Waals surface area (Å²) in [5, 5.41) is 3.85. The Morgan fingerprint density at radius 1 is 1.41 bits per heavy atom. The molecule has 86 valence electrons. The summed E-state index contributed by atoms with van der Waals surface area (Å²) in [6.45, 7) is 2.11. The van der Waals surface area contributed by atoms with Gasteiger partial charge in [0.15, 0.2) is 0 Å². The molecule has 17 heavy (non-hydrogen) atoms. The highest BCUT2D eigenvalue weighted by Crippen LogP contribution is 2.15. The fraction of sp³-hybridized carbons (Fsp3) is 0.214. The molecule has 0 spiro atoms. The Kier molecular flexibility index (Phi) is 3.46. The number of H-pyrrole nitrogens is 1. The Bertz CT molecular complexity index is 587. The predicted molar refractivity (Wildman–Crippen MR) is 68.5 cm³/mol. The molecule has 0 atom stereocenters. The fourth-order valence-electron chi connectivity index (χ4n) is 1.65. The molecule has 1 aromatic carbocycles. The van der Waals surface area contributed by atoms with Crippen LogP contribution >= 0.6 is 0 Å². The van der Waals surface area contributed by atoms with Crippen LogP contribution in [0, 0.1) is 11.8 Å². The summed E-state index contributed by atoms with van der Waals surface area (Å²) in [5.74, 6) is 6.17. The Morgan fingerprint density at radius 2 is 2.29 bits per heavy atom. The molecule has 3 heteroatoms. The van der Waals surface area contributed by atoms with Gasteiger partial charge in [0, 0.05) is 42.6 Å². The van der Waals surface area contributed by atoms with Crippen LogP contribution in [-0.4, -0.2) is 17.4 Å². The molecule has 0 aliphatic heterocycles. The summed E-state index contributed by atoms with van der Waals surface area (Å²) in [7, 11) is 0. The van der Waals surface area contributed by atoms with E-state index in [1.165, 1.54) is 6.92 Å². The van der Waals surface area contributed by atoms with Crippen LogP contribution in [-0.2, 0) is 4.79 Å². The highest BCUT2D eigenvalue weighted by Gasteiger charge is 1.97. The molecule has 2 rings (SSSR count). The maximum atomic E-state index is 10.7. The maximum Gasteiger partial charge on any atom is 0.216 e. The van der Waals surface area contributed by atoms with E-state index in [0.29, 0.717) is 13.0 Å². The van der Waals surface area contributed by atoms with E-state index >= 15 is 0 Å². The third-order valence-corrected chi connectivity index (χ3v) is 2.44. The Hall–Kier alpha value is -2.21. The Morgan fingerprint density at radius 3 is 3.12 bits per heavy atom. The lowest BCUT2D eigenvalue weighted by Crippen LogP contribution is -2.20. The Labute approximate surface area is 100 Å². The van der Waals surface area contributed by atoms with Crippen LogP contribution in [0.5, 0.6) is 0 Å². The van der Waals surface area contributed by atoms with Gasteiger partial charge in [-0.1, -0.05) is 17.9 Å². The highest BCUT2D eigenvalue weighted by atomic mass is 16.1. The minimum absolute atomic E-state index is 0.0143. The van der Waals surface area contributed by atoms with Crippen LogP contribution in [0.25, 0.3) is 10.9 Å². The van der Waals surface area contributed by atoms with Crippen molar-refractivity contribution in [1.29, 1.82) is 0 Å². The molecule has 1 heterocycles. The molecular weight excluding hydrogens is 212 g/mol. The van der Waals surface area contributed by atoms with Crippen LogP contribution in [0.1, 0.15) is 18.9 Å². The molecule has 0 saturated carbocycles. The molecule has 1 amide bonds. The maximum absolute atomic E-state index is 10.7. The summed E-state index contributed by atoms with van der Waals surface area (Å²) in [6, 6.07) is 8.03. The van der Waals surface area contributed by atoms with Gasteiger partial charge in [0.2, 0.25) is 5.91 Å². The molecule has 3 nitrogen and oxygen atoms in total. The van der Waals surface area contributed by atoms with E-state index in [-0.39, 0.29) is 5.91 Å². The SMILES string of the molecule is CC(=O)NCCC#Cc1cccc2[nH]ccc12. The average molecular weight is 226 g/mol. The first-order valence-corrected chi connectivity index (χ1v) is 5.57. The topological polar surface area (TPSA) is 44.9 Å². The first kappa shape index (κ1) is 11.3. The molecule has 0 fully saturated rings. The smallest absolute Gasteiger partial charge is 0.216 e. The summed E-state index contributed by atoms with van der Waals surface area (Å²) in [4.78, 5) is 13.8. The average Bonchev–Trinajstić information content (AvgIpc) is 2.77. The van der Waals surface area contributed by atoms with Gasteiger partial charge in [0.25, 0.3) is 0 Å². The van der Waals surface area contributed by atoms with E-state index in [9.17, 15) is 4.79 Å². The van der Waals surface area contributed by atoms with Gasteiger partial charge in [-0.05, 0) is 18.2 Å². The number of carbonyl (C=O) groups is 1. The van der Waals surface area contributed by atoms with Crippen molar-refractivity contribution >= 4 is 16.8 Å². The number of hydrogen-bond acceptors (Lipinski definition) is 1. The van der Waals surface area contributed by atoms with Gasteiger partial charge in [-0.15, -0.1) is 0 Å². The van der Waals surface area contributed by atoms with Crippen LogP contribution in [0.2, 0.25) is 0 Å². The van der Waals surface area contributed by atoms with E-state index in [1.54, 1.807) is 0 Å². The third-order valence-electron chi connectivity index (χ3n) is 2.44. The van der Waals surface area contributed by atoms with Gasteiger partial charge < -0.3 is 10.3 Å². The van der Waals surface area contributed by atoms with Crippen molar-refractivity contribution in [1.82, 2.24) is 10.3 Å². The quantitative estimate of drug-likeness (QED) is 0.597. The zero-order valence-electron chi connectivity index (χ0n) is 9.71. The number of amides is 1. The van der Waals surface area contributed by atoms with E-state index in [1.807, 2.05) is 30.5 Å². The third kappa shape index (κ3) is 2.88. The fourth-order valence-corrected chi connectivity index (χ4v) is 1.65. The highest BCUT2D eigenvalue weighted by molar-refractivity contribution is 5.85. The van der Waals surface area contributed by atoms with Gasteiger partial charge in [-0.25, -0.2) is 0 Å². The van der Waals surface area contributed by atoms with Crippen LogP contribution in [0.3, 0.4) is 0 Å². The van der Waals surface area contributed by atoms with Crippen LogP contribution in [0.15, 0.2) is 30.5 Å². The molecule has 0 radical (unpaired) electrons. The van der Waals surface area contributed by atoms with Gasteiger partial charge in [0.1, 0.15) is 0 Å². The zero-order chi connectivity index (χ0) is 12.1. The summed E-state index contributed by atoms with van der Waals surface area (Å²) >= 11 is 0. The number of aromatic nitrogens is 1. The molecule has 2 N–H and O–H groups in total. The number of fused-ring (bicyclic) bond motifs is 1. The van der Waals surface area contributed by atoms with Gasteiger partial charge in [0.05, 0.1) is 0 Å². The lowest BCUT2D eigenvalue weighted by molar-refractivity contribution is -0.118. The number of benzene rings is 1. The van der Waals surface area contributed by atoms with E-state index in [0.717, 1.165) is 16.5 Å². The van der Waals surface area contributed by atoms with Gasteiger partial charge >= 0.3 is 0 Å². The van der Waals surface area contributed by atoms with Crippen molar-refractivity contribution in [3.8, 4) is 11.8 Å². The zero-order valence-corrected chi connectivity index (χ0v) is 9.71. The van der Waals surface area contributed by atoms with E-state index < -0.39 is 0 Å². The van der Waals surface area contributed by atoms with E-state index in [4.69, 9.17) is 0 Å². The van der Waals surface area contributed by atoms with Crippen molar-refractivity contribution < 1.29 is 4.79 Å². The number of rotatable bonds is 2. The first-order chi connectivity index (χ1) is 8.27. The number of carbonyl (C=O) groups excluding carboxylic acids is 1. The molecule has 0 saturated heterocycles. The normalized spacial score (nSPS) is 9.71. The predicted octanol–water partition coefficient (Wildman–Crippen LogP) is 2.05. The molecule has 1 aromatic heterocycles. The molecule has 0 aliphatic carbocycles. The number of nitrogens with one attached hydrogen (secondary N) is 2. The minimum atomic E-state index is -0.0143. The van der Waals surface area contributed by atoms with Crippen molar-refractivity contribution in [3.63, 3.8) is 0 Å². The molecule has 0 unspecified atom stereocenters. The van der Waals surface area contributed by atoms with Gasteiger partial charge in [-0.3, -0.25) is 4.79 Å². The number of hydrogen-bond donors (Lipinski definition) is 2. The van der Waals surface area contributed by atoms with Gasteiger partial charge in [-0.2, -0.15) is 0 Å². The first-order valence-electron chi connectivity index (χ1n) is 5.57. The molecule has 0 bridgehead atoms. The van der Waals surface area contributed by atoms with Crippen molar-refractivity contribution in [2.45, 2.75) is 13.3 Å². The second kappa shape index (κ2) is 5.22. The van der Waals surface area contributed by atoms with Crippen molar-refractivity contribution in [3.05, 3.63) is 36.0 Å². The monoisotopic (exact) mass is 226 g/mol. The van der Waals surface area contributed by atoms with Crippen molar-refractivity contribution in [2.24, 2.45) is 0 Å². The molecule has 2 aromatic rings. The Balaban J connectivity index is 2.05. The second-order valence-electron chi connectivity index (χ2n) is 3.78. The molecular formula is C14H14N2O. The van der Waals surface area contributed by atoms with Crippen molar-refractivity contribution in [2.75, 3.05) is 6.54 Å². The number of aromatic amines is 1. The second-order valence-corrected chi connectivity index (χ2v) is 3.78. The van der Waals surface area contributed by atoms with Crippen LogP contribution in [0.4, 0.5) is 0 Å². The largest absolute Gasteiger partial charge is 0.361 e. The summed E-state index contributed by atoms with van der Waals surface area (Å²) in [6.07, 6.45) is 2.58. The van der Waals surface area contributed by atoms with Crippen LogP contribution < -0.4 is 5.32 Å². The lowest BCUT2D eigenvalue weighted by Gasteiger charge is -1.95. The molecule has 0 aliphatic rings. The lowest BCUT2D eigenvalue weighted by atomic mass is 10.1.